The van der Waals surface area contributed by atoms with Crippen LogP contribution in [0.2, 0.25) is 0 Å². The average Bonchev–Trinajstić information content (AvgIpc) is 3.25. The standard InChI is InChI=1S/C14H17N5OS/c1-10(11(2)19-6-3-5-16-19)15-8-13-17-14(18-20-13)12-4-7-21-9-12/h3-7,9-11,15H,8H2,1-2H3/t10-,11+/m1/s1. The predicted molar refractivity (Wildman–Crippen MR) is 80.9 cm³/mol. The number of aromatic nitrogens is 4. The Bertz CT molecular complexity index is 661. The van der Waals surface area contributed by atoms with Crippen LogP contribution in [0.15, 0.2) is 39.8 Å². The van der Waals surface area contributed by atoms with Gasteiger partial charge in [-0.05, 0) is 31.4 Å². The second kappa shape index (κ2) is 6.19. The van der Waals surface area contributed by atoms with Crippen molar-refractivity contribution in [3.8, 4) is 11.4 Å². The van der Waals surface area contributed by atoms with Gasteiger partial charge in [0.1, 0.15) is 0 Å². The Morgan fingerprint density at radius 3 is 3.05 bits per heavy atom. The van der Waals surface area contributed by atoms with Crippen molar-refractivity contribution in [2.45, 2.75) is 32.5 Å². The maximum Gasteiger partial charge on any atom is 0.240 e. The molecule has 1 N–H and O–H groups in total. The third-order valence-electron chi connectivity index (χ3n) is 3.49. The zero-order valence-electron chi connectivity index (χ0n) is 11.9. The van der Waals surface area contributed by atoms with Gasteiger partial charge in [-0.25, -0.2) is 0 Å². The predicted octanol–water partition coefficient (Wildman–Crippen LogP) is 2.73. The highest BCUT2D eigenvalue weighted by atomic mass is 32.1. The second-order valence-corrected chi connectivity index (χ2v) is 5.70. The van der Waals surface area contributed by atoms with Crippen molar-refractivity contribution in [1.29, 1.82) is 0 Å². The second-order valence-electron chi connectivity index (χ2n) is 4.92. The number of hydrogen-bond acceptors (Lipinski definition) is 6. The SMILES string of the molecule is C[C@@H](NCc1nc(-c2ccsc2)no1)[C@H](C)n1cccn1. The first-order valence-corrected chi connectivity index (χ1v) is 7.76. The summed E-state index contributed by atoms with van der Waals surface area (Å²) in [6.45, 7) is 4.78. The monoisotopic (exact) mass is 303 g/mol. The summed E-state index contributed by atoms with van der Waals surface area (Å²) in [6, 6.07) is 4.39. The minimum absolute atomic E-state index is 0.237. The van der Waals surface area contributed by atoms with Gasteiger partial charge in [0, 0.05) is 29.4 Å². The van der Waals surface area contributed by atoms with Gasteiger partial charge in [0.25, 0.3) is 0 Å². The molecular weight excluding hydrogens is 286 g/mol. The van der Waals surface area contributed by atoms with Crippen LogP contribution in [-0.4, -0.2) is 26.0 Å². The van der Waals surface area contributed by atoms with Crippen LogP contribution in [0.3, 0.4) is 0 Å². The maximum absolute atomic E-state index is 5.27. The molecule has 0 saturated heterocycles. The van der Waals surface area contributed by atoms with Gasteiger partial charge in [-0.3, -0.25) is 4.68 Å². The Morgan fingerprint density at radius 2 is 2.33 bits per heavy atom. The summed E-state index contributed by atoms with van der Waals surface area (Å²) < 4.78 is 7.20. The van der Waals surface area contributed by atoms with Crippen molar-refractivity contribution in [2.75, 3.05) is 0 Å². The van der Waals surface area contributed by atoms with E-state index < -0.39 is 0 Å². The molecule has 0 unspecified atom stereocenters. The van der Waals surface area contributed by atoms with Crippen molar-refractivity contribution in [3.05, 3.63) is 41.2 Å². The number of nitrogens with one attached hydrogen (secondary N) is 1. The molecule has 3 aromatic rings. The topological polar surface area (TPSA) is 68.8 Å². The lowest BCUT2D eigenvalue weighted by Gasteiger charge is -2.20. The van der Waals surface area contributed by atoms with Crippen molar-refractivity contribution in [2.24, 2.45) is 0 Å². The Labute approximate surface area is 126 Å². The van der Waals surface area contributed by atoms with E-state index in [1.165, 1.54) is 0 Å². The van der Waals surface area contributed by atoms with E-state index >= 15 is 0 Å². The molecule has 0 spiro atoms. The van der Waals surface area contributed by atoms with Crippen LogP contribution in [0.25, 0.3) is 11.4 Å². The molecule has 0 bridgehead atoms. The number of hydrogen-bond donors (Lipinski definition) is 1. The Hall–Kier alpha value is -1.99. The minimum atomic E-state index is 0.237. The zero-order valence-corrected chi connectivity index (χ0v) is 12.7. The van der Waals surface area contributed by atoms with Crippen LogP contribution in [0.1, 0.15) is 25.8 Å². The average molecular weight is 303 g/mol. The summed E-state index contributed by atoms with van der Waals surface area (Å²) in [6.07, 6.45) is 3.75. The highest BCUT2D eigenvalue weighted by Crippen LogP contribution is 2.18. The van der Waals surface area contributed by atoms with E-state index in [0.29, 0.717) is 18.3 Å². The number of thiophene rings is 1. The molecule has 0 amide bonds. The van der Waals surface area contributed by atoms with Gasteiger partial charge < -0.3 is 9.84 Å². The van der Waals surface area contributed by atoms with Gasteiger partial charge >= 0.3 is 0 Å². The largest absolute Gasteiger partial charge is 0.338 e. The van der Waals surface area contributed by atoms with Crippen molar-refractivity contribution in [1.82, 2.24) is 25.2 Å². The normalized spacial score (nSPS) is 14.2. The van der Waals surface area contributed by atoms with Crippen LogP contribution in [0, 0.1) is 0 Å². The molecule has 6 nitrogen and oxygen atoms in total. The molecule has 110 valence electrons. The summed E-state index contributed by atoms with van der Waals surface area (Å²) in [5.41, 5.74) is 0.993. The molecule has 2 atom stereocenters. The lowest BCUT2D eigenvalue weighted by molar-refractivity contribution is 0.325. The summed E-state index contributed by atoms with van der Waals surface area (Å²) in [7, 11) is 0. The van der Waals surface area contributed by atoms with Crippen LogP contribution in [0.5, 0.6) is 0 Å². The zero-order chi connectivity index (χ0) is 14.7. The number of nitrogens with zero attached hydrogens (tertiary/aromatic N) is 4. The van der Waals surface area contributed by atoms with E-state index in [1.54, 1.807) is 17.5 Å². The molecule has 0 radical (unpaired) electrons. The number of rotatable bonds is 6. The molecule has 3 heterocycles. The molecule has 0 aromatic carbocycles. The Kier molecular flexibility index (Phi) is 4.12. The molecule has 0 aliphatic carbocycles. The fourth-order valence-electron chi connectivity index (χ4n) is 2.01. The lowest BCUT2D eigenvalue weighted by Crippen LogP contribution is -2.33. The minimum Gasteiger partial charge on any atom is -0.338 e. The van der Waals surface area contributed by atoms with Gasteiger partial charge in [-0.2, -0.15) is 21.4 Å². The molecule has 0 saturated carbocycles. The van der Waals surface area contributed by atoms with Gasteiger partial charge in [0.2, 0.25) is 11.7 Å². The summed E-state index contributed by atoms with van der Waals surface area (Å²) >= 11 is 1.62. The highest BCUT2D eigenvalue weighted by Gasteiger charge is 2.15. The van der Waals surface area contributed by atoms with Gasteiger partial charge in [0.15, 0.2) is 0 Å². The van der Waals surface area contributed by atoms with E-state index in [0.717, 1.165) is 5.56 Å². The molecule has 3 aromatic heterocycles. The summed E-state index contributed by atoms with van der Waals surface area (Å²) in [4.78, 5) is 4.39. The molecular formula is C14H17N5OS. The van der Waals surface area contributed by atoms with Gasteiger partial charge in [-0.1, -0.05) is 5.16 Å². The van der Waals surface area contributed by atoms with Crippen molar-refractivity contribution >= 4 is 11.3 Å². The van der Waals surface area contributed by atoms with Crippen molar-refractivity contribution < 1.29 is 4.52 Å². The molecule has 0 aliphatic heterocycles. The van der Waals surface area contributed by atoms with E-state index in [4.69, 9.17) is 4.52 Å². The fourth-order valence-corrected chi connectivity index (χ4v) is 2.64. The first-order valence-electron chi connectivity index (χ1n) is 6.81. The Balaban J connectivity index is 1.58. The van der Waals surface area contributed by atoms with Crippen LogP contribution < -0.4 is 5.32 Å². The van der Waals surface area contributed by atoms with Crippen LogP contribution in [0.4, 0.5) is 0 Å². The molecule has 21 heavy (non-hydrogen) atoms. The lowest BCUT2D eigenvalue weighted by atomic mass is 10.2. The van der Waals surface area contributed by atoms with E-state index in [1.807, 2.05) is 33.8 Å². The fraction of sp³-hybridized carbons (Fsp3) is 0.357. The quantitative estimate of drug-likeness (QED) is 0.758. The smallest absolute Gasteiger partial charge is 0.240 e. The highest BCUT2D eigenvalue weighted by molar-refractivity contribution is 7.08. The van der Waals surface area contributed by atoms with Crippen LogP contribution in [-0.2, 0) is 6.54 Å². The molecule has 0 fully saturated rings. The Morgan fingerprint density at radius 1 is 1.43 bits per heavy atom. The molecule has 7 heteroatoms. The van der Waals surface area contributed by atoms with Crippen LogP contribution >= 0.6 is 11.3 Å². The first-order chi connectivity index (χ1) is 10.2. The molecule has 3 rings (SSSR count). The third kappa shape index (κ3) is 3.20. The molecule has 0 aliphatic rings. The first kappa shape index (κ1) is 14.0. The summed E-state index contributed by atoms with van der Waals surface area (Å²) in [5, 5.41) is 15.6. The van der Waals surface area contributed by atoms with E-state index in [9.17, 15) is 0 Å². The van der Waals surface area contributed by atoms with Gasteiger partial charge in [-0.15, -0.1) is 0 Å². The maximum atomic E-state index is 5.27. The van der Waals surface area contributed by atoms with Gasteiger partial charge in [0.05, 0.1) is 12.6 Å². The third-order valence-corrected chi connectivity index (χ3v) is 4.17. The van der Waals surface area contributed by atoms with E-state index in [2.05, 4.69) is 34.4 Å². The van der Waals surface area contributed by atoms with E-state index in [-0.39, 0.29) is 12.1 Å². The summed E-state index contributed by atoms with van der Waals surface area (Å²) in [5.74, 6) is 1.23. The van der Waals surface area contributed by atoms with Crippen molar-refractivity contribution in [3.63, 3.8) is 0 Å².